The Morgan fingerprint density at radius 3 is 2.49 bits per heavy atom. The van der Waals surface area contributed by atoms with Crippen LogP contribution in [0, 0.1) is 0 Å². The SMILES string of the molecule is CCc1c(-c2ccc(-n3ncn(C)c3=O)cc2)ccnc1N1C[C@@H](C)N(c2cccc(C(N)=O)c2)C1=O. The molecule has 0 bridgehead atoms. The molecule has 0 radical (unpaired) electrons. The summed E-state index contributed by atoms with van der Waals surface area (Å²) in [5.41, 5.74) is 9.70. The van der Waals surface area contributed by atoms with Crippen molar-refractivity contribution in [1.29, 1.82) is 0 Å². The fourth-order valence-corrected chi connectivity index (χ4v) is 4.76. The van der Waals surface area contributed by atoms with E-state index in [-0.39, 0.29) is 17.8 Å². The van der Waals surface area contributed by atoms with E-state index in [4.69, 9.17) is 5.73 Å². The molecule has 3 heterocycles. The first-order chi connectivity index (χ1) is 17.8. The molecule has 3 amide bonds. The van der Waals surface area contributed by atoms with Gasteiger partial charge in [-0.25, -0.2) is 14.6 Å². The van der Waals surface area contributed by atoms with Crippen molar-refractivity contribution in [2.24, 2.45) is 12.8 Å². The minimum Gasteiger partial charge on any atom is -0.366 e. The number of nitrogens with two attached hydrogens (primary N) is 1. The first kappa shape index (κ1) is 24.0. The highest BCUT2D eigenvalue weighted by Gasteiger charge is 2.38. The maximum atomic E-state index is 13.6. The van der Waals surface area contributed by atoms with Gasteiger partial charge >= 0.3 is 11.7 Å². The van der Waals surface area contributed by atoms with E-state index in [1.54, 1.807) is 47.3 Å². The molecule has 1 aliphatic heterocycles. The van der Waals surface area contributed by atoms with E-state index in [9.17, 15) is 14.4 Å². The lowest BCUT2D eigenvalue weighted by atomic mass is 9.98. The van der Waals surface area contributed by atoms with Crippen molar-refractivity contribution in [2.75, 3.05) is 16.3 Å². The average Bonchev–Trinajstić information content (AvgIpc) is 3.40. The molecule has 37 heavy (non-hydrogen) atoms. The van der Waals surface area contributed by atoms with Crippen LogP contribution in [-0.4, -0.2) is 43.9 Å². The summed E-state index contributed by atoms with van der Waals surface area (Å²) in [6.45, 7) is 4.44. The van der Waals surface area contributed by atoms with Crippen LogP contribution in [0.4, 0.5) is 16.3 Å². The van der Waals surface area contributed by atoms with Gasteiger partial charge in [0.25, 0.3) is 0 Å². The van der Waals surface area contributed by atoms with Crippen molar-refractivity contribution in [3.63, 3.8) is 0 Å². The van der Waals surface area contributed by atoms with E-state index in [0.717, 1.165) is 16.7 Å². The quantitative estimate of drug-likeness (QED) is 0.439. The molecule has 1 atom stereocenters. The van der Waals surface area contributed by atoms with Crippen LogP contribution < -0.4 is 21.2 Å². The van der Waals surface area contributed by atoms with Crippen LogP contribution in [0.1, 0.15) is 29.8 Å². The monoisotopic (exact) mass is 497 g/mol. The Labute approximate surface area is 213 Å². The van der Waals surface area contributed by atoms with Crippen molar-refractivity contribution >= 4 is 23.4 Å². The molecule has 1 fully saturated rings. The summed E-state index contributed by atoms with van der Waals surface area (Å²) in [5.74, 6) is 0.0648. The molecular formula is C27H27N7O3. The number of primary amides is 1. The van der Waals surface area contributed by atoms with Gasteiger partial charge < -0.3 is 5.73 Å². The lowest BCUT2D eigenvalue weighted by Crippen LogP contribution is -2.34. The number of carbonyl (C=O) groups excluding carboxylic acids is 2. The fourth-order valence-electron chi connectivity index (χ4n) is 4.76. The van der Waals surface area contributed by atoms with Crippen molar-refractivity contribution in [2.45, 2.75) is 26.3 Å². The van der Waals surface area contributed by atoms with E-state index >= 15 is 0 Å². The Balaban J connectivity index is 1.49. The largest absolute Gasteiger partial charge is 0.366 e. The van der Waals surface area contributed by atoms with Crippen LogP contribution in [-0.2, 0) is 13.5 Å². The highest BCUT2D eigenvalue weighted by Crippen LogP contribution is 2.35. The molecule has 1 aliphatic rings. The zero-order valence-electron chi connectivity index (χ0n) is 20.8. The number of aryl methyl sites for hydroxylation is 1. The summed E-state index contributed by atoms with van der Waals surface area (Å²) in [5, 5.41) is 4.13. The molecule has 2 aromatic heterocycles. The summed E-state index contributed by atoms with van der Waals surface area (Å²) in [4.78, 5) is 45.5. The van der Waals surface area contributed by atoms with Crippen LogP contribution in [0.25, 0.3) is 16.8 Å². The van der Waals surface area contributed by atoms with Gasteiger partial charge in [0.1, 0.15) is 12.1 Å². The van der Waals surface area contributed by atoms with Gasteiger partial charge in [0.15, 0.2) is 0 Å². The number of pyridine rings is 1. The Morgan fingerprint density at radius 1 is 1.08 bits per heavy atom. The predicted octanol–water partition coefficient (Wildman–Crippen LogP) is 3.13. The first-order valence-electron chi connectivity index (χ1n) is 12.0. The van der Waals surface area contributed by atoms with Gasteiger partial charge in [0, 0.05) is 36.6 Å². The molecule has 1 saturated heterocycles. The normalized spacial score (nSPS) is 15.4. The van der Waals surface area contributed by atoms with Gasteiger partial charge in [0.05, 0.1) is 11.7 Å². The van der Waals surface area contributed by atoms with Gasteiger partial charge in [-0.15, -0.1) is 0 Å². The second-order valence-corrected chi connectivity index (χ2v) is 9.02. The van der Waals surface area contributed by atoms with Crippen molar-refractivity contribution in [3.8, 4) is 16.8 Å². The van der Waals surface area contributed by atoms with Crippen LogP contribution in [0.15, 0.2) is 71.9 Å². The van der Waals surface area contributed by atoms with E-state index in [1.165, 1.54) is 15.6 Å². The Hall–Kier alpha value is -4.73. The summed E-state index contributed by atoms with van der Waals surface area (Å²) in [6, 6.07) is 15.9. The predicted molar refractivity (Wildman–Crippen MR) is 141 cm³/mol. The number of anilines is 2. The Bertz CT molecular complexity index is 1550. The maximum absolute atomic E-state index is 13.6. The third kappa shape index (κ3) is 4.16. The van der Waals surface area contributed by atoms with Crippen molar-refractivity contribution in [1.82, 2.24) is 19.3 Å². The molecule has 5 rings (SSSR count). The number of aromatic nitrogens is 4. The standard InChI is InChI=1S/C27H27N7O3/c1-4-22-23(18-8-10-20(11-9-18)34-26(36)31(3)16-30-34)12-13-29-25(22)32-15-17(2)33(27(32)37)21-7-5-6-19(14-21)24(28)35/h5-14,16-17H,4,15H2,1-3H3,(H2,28,35)/t17-/m1/s1. The first-order valence-corrected chi connectivity index (χ1v) is 12.0. The molecule has 188 valence electrons. The smallest absolute Gasteiger partial charge is 0.350 e. The Kier molecular flexibility index (Phi) is 6.08. The van der Waals surface area contributed by atoms with Gasteiger partial charge in [-0.2, -0.15) is 9.78 Å². The van der Waals surface area contributed by atoms with Gasteiger partial charge in [0.2, 0.25) is 5.91 Å². The summed E-state index contributed by atoms with van der Waals surface area (Å²) >= 11 is 0. The molecule has 2 N–H and O–H groups in total. The van der Waals surface area contributed by atoms with Gasteiger partial charge in [-0.1, -0.05) is 25.1 Å². The molecular weight excluding hydrogens is 470 g/mol. The third-order valence-corrected chi connectivity index (χ3v) is 6.62. The van der Waals surface area contributed by atoms with Gasteiger partial charge in [-0.3, -0.25) is 19.2 Å². The molecule has 0 unspecified atom stereocenters. The maximum Gasteiger partial charge on any atom is 0.350 e. The highest BCUT2D eigenvalue weighted by molar-refractivity contribution is 6.07. The minimum atomic E-state index is -0.542. The molecule has 0 spiro atoms. The summed E-state index contributed by atoms with van der Waals surface area (Å²) < 4.78 is 2.76. The number of amides is 3. The number of hydrogen-bond donors (Lipinski definition) is 1. The van der Waals surface area contributed by atoms with Gasteiger partial charge in [-0.05, 0) is 60.9 Å². The summed E-state index contributed by atoms with van der Waals surface area (Å²) in [7, 11) is 1.66. The topological polar surface area (TPSA) is 119 Å². The number of urea groups is 1. The lowest BCUT2D eigenvalue weighted by molar-refractivity contribution is 0.1000. The van der Waals surface area contributed by atoms with Crippen LogP contribution in [0.2, 0.25) is 0 Å². The van der Waals surface area contributed by atoms with Crippen LogP contribution in [0.3, 0.4) is 0 Å². The molecule has 0 saturated carbocycles. The average molecular weight is 498 g/mol. The van der Waals surface area contributed by atoms with E-state index in [1.807, 2.05) is 44.2 Å². The second-order valence-electron chi connectivity index (χ2n) is 9.02. The number of hydrogen-bond acceptors (Lipinski definition) is 5. The van der Waals surface area contributed by atoms with E-state index < -0.39 is 5.91 Å². The van der Waals surface area contributed by atoms with E-state index in [2.05, 4.69) is 10.1 Å². The number of nitrogens with zero attached hydrogens (tertiary/aromatic N) is 6. The molecule has 4 aromatic rings. The molecule has 2 aromatic carbocycles. The molecule has 10 heteroatoms. The fraction of sp³-hybridized carbons (Fsp3) is 0.222. The number of benzene rings is 2. The second kappa shape index (κ2) is 9.38. The zero-order chi connectivity index (χ0) is 26.3. The van der Waals surface area contributed by atoms with Crippen LogP contribution in [0.5, 0.6) is 0 Å². The third-order valence-electron chi connectivity index (χ3n) is 6.62. The van der Waals surface area contributed by atoms with E-state index in [0.29, 0.717) is 35.7 Å². The summed E-state index contributed by atoms with van der Waals surface area (Å²) in [6.07, 6.45) is 3.84. The van der Waals surface area contributed by atoms with Crippen molar-refractivity contribution < 1.29 is 9.59 Å². The van der Waals surface area contributed by atoms with Crippen LogP contribution >= 0.6 is 0 Å². The molecule has 0 aliphatic carbocycles. The van der Waals surface area contributed by atoms with Crippen molar-refractivity contribution in [3.05, 3.63) is 88.7 Å². The highest BCUT2D eigenvalue weighted by atomic mass is 16.2. The zero-order valence-corrected chi connectivity index (χ0v) is 20.8. The Morgan fingerprint density at radius 2 is 1.84 bits per heavy atom. The number of rotatable bonds is 6. The lowest BCUT2D eigenvalue weighted by Gasteiger charge is -2.22. The molecule has 10 nitrogen and oxygen atoms in total. The minimum absolute atomic E-state index is 0.137. The number of carbonyl (C=O) groups is 2.